The first-order valence-electron chi connectivity index (χ1n) is 7.42. The first-order chi connectivity index (χ1) is 12.0. The van der Waals surface area contributed by atoms with Crippen LogP contribution >= 0.6 is 11.3 Å². The fourth-order valence-electron chi connectivity index (χ4n) is 2.39. The molecule has 130 valence electrons. The number of nitrogens with one attached hydrogen (secondary N) is 1. The molecule has 8 nitrogen and oxygen atoms in total. The van der Waals surface area contributed by atoms with Crippen molar-refractivity contribution >= 4 is 22.9 Å². The molecule has 0 saturated heterocycles. The van der Waals surface area contributed by atoms with Crippen LogP contribution in [-0.2, 0) is 0 Å². The van der Waals surface area contributed by atoms with Crippen LogP contribution < -0.4 is 14.8 Å². The summed E-state index contributed by atoms with van der Waals surface area (Å²) in [6.45, 7) is 3.86. The van der Waals surface area contributed by atoms with Crippen molar-refractivity contribution in [2.45, 2.75) is 13.8 Å². The molecule has 1 amide bonds. The van der Waals surface area contributed by atoms with Gasteiger partial charge >= 0.3 is 0 Å². The molecule has 0 saturated carbocycles. The number of aromatic nitrogens is 4. The molecule has 25 heavy (non-hydrogen) atoms. The lowest BCUT2D eigenvalue weighted by Crippen LogP contribution is -2.15. The predicted molar refractivity (Wildman–Crippen MR) is 94.0 cm³/mol. The van der Waals surface area contributed by atoms with E-state index in [0.717, 1.165) is 10.4 Å². The molecule has 9 heteroatoms. The maximum atomic E-state index is 12.9. The second-order valence-electron chi connectivity index (χ2n) is 5.24. The standard InChI is InChI=1S/C16H17N5O3S/c1-9-10(2)25-16(21-8-17-19-20-21)14(9)15(22)18-12-7-11(23-3)5-6-13(12)24-4/h5-8H,1-4H3,(H,18,22). The molecule has 0 spiro atoms. The molecule has 0 radical (unpaired) electrons. The zero-order chi connectivity index (χ0) is 18.0. The monoisotopic (exact) mass is 359 g/mol. The molecule has 0 aliphatic heterocycles. The van der Waals surface area contributed by atoms with Crippen molar-refractivity contribution in [2.24, 2.45) is 0 Å². The van der Waals surface area contributed by atoms with Gasteiger partial charge in [-0.05, 0) is 42.0 Å². The zero-order valence-electron chi connectivity index (χ0n) is 14.2. The molecule has 0 bridgehead atoms. The van der Waals surface area contributed by atoms with Crippen LogP contribution in [0.3, 0.4) is 0 Å². The zero-order valence-corrected chi connectivity index (χ0v) is 15.0. The summed E-state index contributed by atoms with van der Waals surface area (Å²) >= 11 is 1.46. The van der Waals surface area contributed by atoms with Crippen molar-refractivity contribution in [3.63, 3.8) is 0 Å². The lowest BCUT2D eigenvalue weighted by Gasteiger charge is -2.12. The van der Waals surface area contributed by atoms with Gasteiger partial charge in [0.1, 0.15) is 22.8 Å². The molecular weight excluding hydrogens is 342 g/mol. The second kappa shape index (κ2) is 6.89. The summed E-state index contributed by atoms with van der Waals surface area (Å²) in [5, 5.41) is 14.7. The molecule has 1 N–H and O–H groups in total. The Kier molecular flexibility index (Phi) is 4.66. The van der Waals surface area contributed by atoms with Crippen LogP contribution in [0.1, 0.15) is 20.8 Å². The van der Waals surface area contributed by atoms with Gasteiger partial charge in [0.2, 0.25) is 0 Å². The fraction of sp³-hybridized carbons (Fsp3) is 0.250. The third-order valence-corrected chi connectivity index (χ3v) is 5.00. The van der Waals surface area contributed by atoms with E-state index in [1.165, 1.54) is 22.3 Å². The second-order valence-corrected chi connectivity index (χ2v) is 6.44. The normalized spacial score (nSPS) is 10.6. The molecule has 2 aromatic heterocycles. The Bertz CT molecular complexity index is 905. The summed E-state index contributed by atoms with van der Waals surface area (Å²) in [5.74, 6) is 0.900. The molecule has 3 aromatic rings. The number of methoxy groups -OCH3 is 2. The van der Waals surface area contributed by atoms with E-state index in [2.05, 4.69) is 20.8 Å². The van der Waals surface area contributed by atoms with Gasteiger partial charge in [-0.3, -0.25) is 4.79 Å². The molecule has 2 heterocycles. The summed E-state index contributed by atoms with van der Waals surface area (Å²) in [4.78, 5) is 14.0. The van der Waals surface area contributed by atoms with Crippen molar-refractivity contribution in [3.05, 3.63) is 40.5 Å². The molecule has 0 atom stereocenters. The van der Waals surface area contributed by atoms with Crippen LogP contribution in [0.2, 0.25) is 0 Å². The Hall–Kier alpha value is -2.94. The highest BCUT2D eigenvalue weighted by molar-refractivity contribution is 7.15. The smallest absolute Gasteiger partial charge is 0.259 e. The van der Waals surface area contributed by atoms with Gasteiger partial charge in [-0.1, -0.05) is 0 Å². The summed E-state index contributed by atoms with van der Waals surface area (Å²) in [6.07, 6.45) is 1.47. The molecule has 3 rings (SSSR count). The van der Waals surface area contributed by atoms with Crippen molar-refractivity contribution in [3.8, 4) is 16.5 Å². The predicted octanol–water partition coefficient (Wildman–Crippen LogP) is 2.61. The Labute approximate surface area is 148 Å². The van der Waals surface area contributed by atoms with Gasteiger partial charge in [0.15, 0.2) is 0 Å². The summed E-state index contributed by atoms with van der Waals surface area (Å²) < 4.78 is 12.0. The van der Waals surface area contributed by atoms with Gasteiger partial charge < -0.3 is 14.8 Å². The number of ether oxygens (including phenoxy) is 2. The topological polar surface area (TPSA) is 91.2 Å². The van der Waals surface area contributed by atoms with E-state index in [1.54, 1.807) is 32.4 Å². The Morgan fingerprint density at radius 1 is 1.24 bits per heavy atom. The number of amides is 1. The van der Waals surface area contributed by atoms with Gasteiger partial charge in [-0.25, -0.2) is 0 Å². The average molecular weight is 359 g/mol. The number of thiophene rings is 1. The van der Waals surface area contributed by atoms with Crippen LogP contribution in [0.4, 0.5) is 5.69 Å². The van der Waals surface area contributed by atoms with Crippen LogP contribution in [0.25, 0.3) is 5.00 Å². The van der Waals surface area contributed by atoms with Crippen LogP contribution in [0.5, 0.6) is 11.5 Å². The van der Waals surface area contributed by atoms with Gasteiger partial charge in [0, 0.05) is 10.9 Å². The Morgan fingerprint density at radius 2 is 2.04 bits per heavy atom. The van der Waals surface area contributed by atoms with Crippen LogP contribution in [0.15, 0.2) is 24.5 Å². The number of anilines is 1. The third kappa shape index (κ3) is 3.18. The minimum atomic E-state index is -0.265. The number of nitrogens with zero attached hydrogens (tertiary/aromatic N) is 4. The number of aryl methyl sites for hydroxylation is 1. The van der Waals surface area contributed by atoms with E-state index in [-0.39, 0.29) is 5.91 Å². The van der Waals surface area contributed by atoms with Crippen LogP contribution in [0, 0.1) is 13.8 Å². The first-order valence-corrected chi connectivity index (χ1v) is 8.23. The van der Waals surface area contributed by atoms with E-state index in [0.29, 0.717) is 27.8 Å². The highest BCUT2D eigenvalue weighted by Crippen LogP contribution is 2.33. The van der Waals surface area contributed by atoms with Gasteiger partial charge in [-0.15, -0.1) is 16.4 Å². The van der Waals surface area contributed by atoms with E-state index in [9.17, 15) is 4.79 Å². The first kappa shape index (κ1) is 16.9. The van der Waals surface area contributed by atoms with E-state index >= 15 is 0 Å². The average Bonchev–Trinajstić information content (AvgIpc) is 3.23. The largest absolute Gasteiger partial charge is 0.497 e. The maximum Gasteiger partial charge on any atom is 0.259 e. The Balaban J connectivity index is 2.00. The van der Waals surface area contributed by atoms with Gasteiger partial charge in [-0.2, -0.15) is 4.68 Å². The summed E-state index contributed by atoms with van der Waals surface area (Å²) in [6, 6.07) is 5.21. The molecule has 0 fully saturated rings. The number of carbonyl (C=O) groups excluding carboxylic acids is 1. The van der Waals surface area contributed by atoms with Crippen molar-refractivity contribution < 1.29 is 14.3 Å². The minimum absolute atomic E-state index is 0.265. The minimum Gasteiger partial charge on any atom is -0.497 e. The van der Waals surface area contributed by atoms with Crippen LogP contribution in [-0.4, -0.2) is 40.3 Å². The molecule has 1 aromatic carbocycles. The lowest BCUT2D eigenvalue weighted by atomic mass is 10.1. The quantitative estimate of drug-likeness (QED) is 0.753. The number of carbonyl (C=O) groups is 1. The molecule has 0 unspecified atom stereocenters. The number of tetrazole rings is 1. The number of hydrogen-bond acceptors (Lipinski definition) is 7. The van der Waals surface area contributed by atoms with Crippen molar-refractivity contribution in [1.29, 1.82) is 0 Å². The van der Waals surface area contributed by atoms with E-state index in [1.807, 2.05) is 13.8 Å². The van der Waals surface area contributed by atoms with Crippen molar-refractivity contribution in [1.82, 2.24) is 20.2 Å². The highest BCUT2D eigenvalue weighted by atomic mass is 32.1. The fourth-order valence-corrected chi connectivity index (χ4v) is 3.46. The molecule has 0 aliphatic rings. The number of rotatable bonds is 5. The SMILES string of the molecule is COc1ccc(OC)c(NC(=O)c2c(-n3cnnn3)sc(C)c2C)c1. The number of benzene rings is 1. The highest BCUT2D eigenvalue weighted by Gasteiger charge is 2.22. The number of hydrogen-bond donors (Lipinski definition) is 1. The van der Waals surface area contributed by atoms with E-state index in [4.69, 9.17) is 9.47 Å². The Morgan fingerprint density at radius 3 is 2.68 bits per heavy atom. The summed E-state index contributed by atoms with van der Waals surface area (Å²) in [5.41, 5.74) is 1.94. The van der Waals surface area contributed by atoms with Gasteiger partial charge in [0.25, 0.3) is 5.91 Å². The van der Waals surface area contributed by atoms with E-state index < -0.39 is 0 Å². The van der Waals surface area contributed by atoms with Crippen molar-refractivity contribution in [2.75, 3.05) is 19.5 Å². The summed E-state index contributed by atoms with van der Waals surface area (Å²) in [7, 11) is 3.11. The van der Waals surface area contributed by atoms with Gasteiger partial charge in [0.05, 0.1) is 25.5 Å². The molecule has 0 aliphatic carbocycles. The molecular formula is C16H17N5O3S. The maximum absolute atomic E-state index is 12.9. The lowest BCUT2D eigenvalue weighted by molar-refractivity contribution is 0.102. The third-order valence-electron chi connectivity index (χ3n) is 3.81.